The van der Waals surface area contributed by atoms with Crippen LogP contribution in [0.1, 0.15) is 44.5 Å². The number of benzene rings is 28. The van der Waals surface area contributed by atoms with Crippen LogP contribution in [0.15, 0.2) is 546 Å². The molecule has 4 aliphatic carbocycles. The molecule has 0 saturated carbocycles. The van der Waals surface area contributed by atoms with E-state index in [2.05, 4.69) is 556 Å². The summed E-state index contributed by atoms with van der Waals surface area (Å²) in [6.07, 6.45) is 0. The van der Waals surface area contributed by atoms with Crippen LogP contribution < -0.4 is 9.80 Å². The maximum Gasteiger partial charge on any atom is 0.0726 e. The van der Waals surface area contributed by atoms with Crippen LogP contribution in [0.2, 0.25) is 0 Å². The molecule has 148 heavy (non-hydrogen) atoms. The monoisotopic (exact) mass is 1870 g/mol. The third-order valence-electron chi connectivity index (χ3n) is 33.2. The average molecular weight is 1870 g/mol. The minimum Gasteiger partial charge on any atom is -0.310 e. The van der Waals surface area contributed by atoms with Gasteiger partial charge in [-0.05, 0) is 337 Å². The summed E-state index contributed by atoms with van der Waals surface area (Å²) in [7, 11) is 0. The van der Waals surface area contributed by atoms with Gasteiger partial charge in [0.1, 0.15) is 0 Å². The molecular weight excluding hydrogens is 1780 g/mol. The number of rotatable bonds is 10. The van der Waals surface area contributed by atoms with E-state index < -0.39 is 10.8 Å². The van der Waals surface area contributed by atoms with Gasteiger partial charge in [0, 0.05) is 33.9 Å². The van der Waals surface area contributed by atoms with Gasteiger partial charge in [-0.25, -0.2) is 0 Å². The van der Waals surface area contributed by atoms with Crippen molar-refractivity contribution in [2.24, 2.45) is 0 Å². The van der Waals surface area contributed by atoms with E-state index in [9.17, 15) is 0 Å². The zero-order valence-electron chi connectivity index (χ0n) is 80.9. The van der Waals surface area contributed by atoms with Crippen molar-refractivity contribution in [3.63, 3.8) is 0 Å². The first-order valence-electron chi connectivity index (χ1n) is 51.6. The molecule has 4 aliphatic rings. The molecule has 0 atom stereocenters. The lowest BCUT2D eigenvalue weighted by Gasteiger charge is -2.33. The molecule has 0 aromatic heterocycles. The van der Waals surface area contributed by atoms with Crippen molar-refractivity contribution in [2.45, 2.75) is 10.8 Å². The number of anilines is 6. The summed E-state index contributed by atoms with van der Waals surface area (Å²) in [5.74, 6) is 0. The van der Waals surface area contributed by atoms with Gasteiger partial charge in [-0.2, -0.15) is 0 Å². The average Bonchev–Trinajstić information content (AvgIpc) is 1.51. The first kappa shape index (κ1) is 83.5. The molecule has 0 heterocycles. The highest BCUT2D eigenvalue weighted by atomic mass is 15.2. The molecule has 0 bridgehead atoms. The van der Waals surface area contributed by atoms with Gasteiger partial charge in [-0.3, -0.25) is 0 Å². The fourth-order valence-electron chi connectivity index (χ4n) is 27.0. The lowest BCUT2D eigenvalue weighted by Crippen LogP contribution is -2.26. The highest BCUT2D eigenvalue weighted by molar-refractivity contribution is 6.28. The van der Waals surface area contributed by atoms with Gasteiger partial charge >= 0.3 is 0 Å². The lowest BCUT2D eigenvalue weighted by atomic mass is 9.70. The quantitative estimate of drug-likeness (QED) is 0.126. The molecule has 2 heteroatoms. The predicted octanol–water partition coefficient (Wildman–Crippen LogP) is 39.5. The summed E-state index contributed by atoms with van der Waals surface area (Å²) >= 11 is 0. The molecule has 28 aromatic rings. The van der Waals surface area contributed by atoms with E-state index in [-0.39, 0.29) is 0 Å². The number of nitrogens with zero attached hydrogens (tertiary/aromatic N) is 2. The normalized spacial score (nSPS) is 13.0. The molecule has 0 fully saturated rings. The lowest BCUT2D eigenvalue weighted by molar-refractivity contribution is 0.794. The van der Waals surface area contributed by atoms with Crippen LogP contribution >= 0.6 is 0 Å². The zero-order chi connectivity index (χ0) is 97.0. The third kappa shape index (κ3) is 12.2. The van der Waals surface area contributed by atoms with Crippen molar-refractivity contribution in [1.29, 1.82) is 0 Å². The van der Waals surface area contributed by atoms with Gasteiger partial charge in [0.05, 0.1) is 22.2 Å². The molecule has 684 valence electrons. The maximum atomic E-state index is 2.58. The van der Waals surface area contributed by atoms with E-state index >= 15 is 0 Å². The second-order valence-electron chi connectivity index (χ2n) is 40.5. The predicted molar refractivity (Wildman–Crippen MR) is 627 cm³/mol. The van der Waals surface area contributed by atoms with Gasteiger partial charge in [0.25, 0.3) is 0 Å². The fourth-order valence-corrected chi connectivity index (χ4v) is 27.0. The van der Waals surface area contributed by atoms with Crippen molar-refractivity contribution in [3.05, 3.63) is 590 Å². The zero-order valence-corrected chi connectivity index (χ0v) is 80.9. The van der Waals surface area contributed by atoms with Crippen LogP contribution in [0.4, 0.5) is 34.1 Å². The summed E-state index contributed by atoms with van der Waals surface area (Å²) in [6, 6.07) is 205. The first-order chi connectivity index (χ1) is 73.4. The van der Waals surface area contributed by atoms with Gasteiger partial charge in [0.2, 0.25) is 0 Å². The molecule has 2 nitrogen and oxygen atoms in total. The van der Waals surface area contributed by atoms with Gasteiger partial charge in [-0.1, -0.05) is 461 Å². The molecule has 0 unspecified atom stereocenters. The Morgan fingerprint density at radius 3 is 0.757 bits per heavy atom. The molecule has 0 aliphatic heterocycles. The Balaban J connectivity index is 0.000000134. The van der Waals surface area contributed by atoms with E-state index in [1.807, 2.05) is 0 Å². The van der Waals surface area contributed by atoms with Crippen molar-refractivity contribution in [3.8, 4) is 89.0 Å². The highest BCUT2D eigenvalue weighted by Gasteiger charge is 2.54. The molecule has 32 rings (SSSR count). The van der Waals surface area contributed by atoms with Gasteiger partial charge in [0.15, 0.2) is 0 Å². The van der Waals surface area contributed by atoms with E-state index in [1.54, 1.807) is 0 Å². The maximum absolute atomic E-state index is 2.58. The molecule has 2 spiro atoms. The Morgan fingerprint density at radius 2 is 0.358 bits per heavy atom. The van der Waals surface area contributed by atoms with Gasteiger partial charge in [-0.15, -0.1) is 0 Å². The summed E-state index contributed by atoms with van der Waals surface area (Å²) < 4.78 is 0. The minimum atomic E-state index is -0.531. The standard InChI is InChI=1S/2C73H45N/c1-4-20-54-47(16-1)18-15-28-56(54)67-44-66-64-27-11-14-31-70(64)73(68-29-12-9-25-62(68)63-26-10-13-30-69(63)73)71(66)45-72(67)74(52-39-41-61-59-23-6-5-21-57(59)58-22-7-8-24-60(58)65(61)43-52)51-37-34-46(35-38-51)49-36-40-55-50(42-49)33-32-48-17-2-3-19-53(48)55;1-3-21-51-46(18-1)20-17-32-54(51)67-44-66-63-31-13-16-35-70(63)73(68-33-14-11-29-61(68)62-30-12-15-34-69(62)73)71(66)45-72(67)74(50-40-41-60-57-26-7-6-24-55(57)56-25-8-10-28-59(56)65(60)43-50)49-38-36-47(37-39-49)64-42-48-19-2-4-22-52(48)53-23-5-9-27-58(53)64/h2*1-45H. The SMILES string of the molecule is c1ccc2c(c1)-c1ccccc1C21c2ccccc2-c2cc(-c3cccc4ccccc34)c(N(c3ccc(-c4cc5ccccc5c5ccccc45)cc3)c3ccc4c5ccccc5c5ccccc5c4c3)cc21.c1ccc2c(c1)-c1ccccc1C21c2ccccc2-c2cc(-c3cccc4ccccc34)c(N(c3ccc(-c4ccc5c(ccc6ccccc65)c4)cc3)c3ccc4c5ccccc5c5ccccc5c4c3)cc21. The van der Waals surface area contributed by atoms with E-state index in [0.717, 1.165) is 34.1 Å². The topological polar surface area (TPSA) is 6.48 Å². The Hall–Kier alpha value is -19.1. The minimum absolute atomic E-state index is 0.527. The Morgan fingerprint density at radius 1 is 0.108 bits per heavy atom. The summed E-state index contributed by atoms with van der Waals surface area (Å²) in [4.78, 5) is 5.12. The first-order valence-corrected chi connectivity index (χ1v) is 51.6. The van der Waals surface area contributed by atoms with Crippen molar-refractivity contribution in [2.75, 3.05) is 9.80 Å². The van der Waals surface area contributed by atoms with Crippen molar-refractivity contribution < 1.29 is 0 Å². The van der Waals surface area contributed by atoms with Gasteiger partial charge < -0.3 is 9.80 Å². The second kappa shape index (κ2) is 32.7. The van der Waals surface area contributed by atoms with Crippen molar-refractivity contribution >= 4 is 163 Å². The second-order valence-corrected chi connectivity index (χ2v) is 40.5. The van der Waals surface area contributed by atoms with Crippen LogP contribution in [-0.4, -0.2) is 0 Å². The third-order valence-corrected chi connectivity index (χ3v) is 33.2. The Kier molecular flexibility index (Phi) is 18.5. The van der Waals surface area contributed by atoms with Crippen LogP contribution in [-0.2, 0) is 10.8 Å². The van der Waals surface area contributed by atoms with E-state index in [0.29, 0.717) is 0 Å². The van der Waals surface area contributed by atoms with E-state index in [1.165, 1.54) is 263 Å². The van der Waals surface area contributed by atoms with E-state index in [4.69, 9.17) is 0 Å². The number of fused-ring (bicyclic) bond motifs is 40. The van der Waals surface area contributed by atoms with Crippen LogP contribution in [0, 0.1) is 0 Å². The highest BCUT2D eigenvalue weighted by Crippen LogP contribution is 2.68. The Labute approximate surface area is 857 Å². The number of hydrogen-bond donors (Lipinski definition) is 0. The summed E-state index contributed by atoms with van der Waals surface area (Å²) in [6.45, 7) is 0. The molecular formula is C146H90N2. The fraction of sp³-hybridized carbons (Fsp3) is 0.0137. The summed E-state index contributed by atoms with van der Waals surface area (Å²) in [5.41, 5.74) is 36.0. The summed E-state index contributed by atoms with van der Waals surface area (Å²) in [5, 5.41) is 30.0. The molecule has 0 N–H and O–H groups in total. The molecule has 0 amide bonds. The molecule has 0 saturated heterocycles. The smallest absolute Gasteiger partial charge is 0.0726 e. The number of hydrogen-bond acceptors (Lipinski definition) is 2. The molecule has 0 radical (unpaired) electrons. The van der Waals surface area contributed by atoms with Crippen LogP contribution in [0.5, 0.6) is 0 Å². The van der Waals surface area contributed by atoms with Crippen LogP contribution in [0.3, 0.4) is 0 Å². The largest absolute Gasteiger partial charge is 0.310 e. The van der Waals surface area contributed by atoms with Crippen LogP contribution in [0.25, 0.3) is 218 Å². The molecule has 28 aromatic carbocycles. The Bertz CT molecular complexity index is 10400. The van der Waals surface area contributed by atoms with Crippen molar-refractivity contribution in [1.82, 2.24) is 0 Å².